The quantitative estimate of drug-likeness (QED) is 0.591. The third-order valence-electron chi connectivity index (χ3n) is 5.78. The van der Waals surface area contributed by atoms with Crippen LogP contribution >= 0.6 is 0 Å². The van der Waals surface area contributed by atoms with Crippen LogP contribution in [0.5, 0.6) is 5.75 Å². The monoisotopic (exact) mass is 499 g/mol. The number of carbonyl (C=O) groups excluding carboxylic acids is 2. The number of nitrogens with one attached hydrogen (secondary N) is 2. The molecule has 2 aliphatic rings. The average Bonchev–Trinajstić information content (AvgIpc) is 3.51. The van der Waals surface area contributed by atoms with Crippen molar-refractivity contribution in [1.29, 1.82) is 0 Å². The van der Waals surface area contributed by atoms with Gasteiger partial charge in [0.1, 0.15) is 17.6 Å². The number of hydrogen-bond donors (Lipinski definition) is 2. The first-order valence-corrected chi connectivity index (χ1v) is 11.1. The molecular weight excluding hydrogens is 474 g/mol. The predicted molar refractivity (Wildman–Crippen MR) is 115 cm³/mol. The van der Waals surface area contributed by atoms with Crippen molar-refractivity contribution in [3.05, 3.63) is 36.0 Å². The maximum absolute atomic E-state index is 14.3. The van der Waals surface area contributed by atoms with Gasteiger partial charge in [-0.05, 0) is 25.0 Å². The van der Waals surface area contributed by atoms with Gasteiger partial charge in [-0.1, -0.05) is 17.3 Å². The lowest BCUT2D eigenvalue weighted by molar-refractivity contribution is -0.274. The molecule has 1 aliphatic heterocycles. The maximum Gasteiger partial charge on any atom is 0.573 e. The third-order valence-corrected chi connectivity index (χ3v) is 5.78. The molecule has 2 heterocycles. The zero-order chi connectivity index (χ0) is 25.2. The van der Waals surface area contributed by atoms with Gasteiger partial charge >= 0.3 is 18.4 Å². The van der Waals surface area contributed by atoms with E-state index in [1.807, 2.05) is 0 Å². The van der Waals surface area contributed by atoms with Gasteiger partial charge in [-0.15, -0.1) is 13.2 Å². The van der Waals surface area contributed by atoms with Gasteiger partial charge in [0.25, 0.3) is 0 Å². The highest BCUT2D eigenvalue weighted by Crippen LogP contribution is 2.32. The van der Waals surface area contributed by atoms with E-state index < -0.39 is 36.4 Å². The minimum Gasteiger partial charge on any atom is -0.406 e. The van der Waals surface area contributed by atoms with E-state index in [1.165, 1.54) is 42.3 Å². The van der Waals surface area contributed by atoms with Crippen LogP contribution in [-0.2, 0) is 6.54 Å². The lowest BCUT2D eigenvalue weighted by Gasteiger charge is -2.40. The van der Waals surface area contributed by atoms with Crippen molar-refractivity contribution in [2.45, 2.75) is 50.4 Å². The second kappa shape index (κ2) is 10.0. The summed E-state index contributed by atoms with van der Waals surface area (Å²) in [4.78, 5) is 28.0. The fourth-order valence-electron chi connectivity index (χ4n) is 4.16. The number of alkyl halides is 4. The van der Waals surface area contributed by atoms with Gasteiger partial charge in [0.05, 0.1) is 19.1 Å². The van der Waals surface area contributed by atoms with Crippen LogP contribution in [0.3, 0.4) is 0 Å². The summed E-state index contributed by atoms with van der Waals surface area (Å²) < 4.78 is 60.9. The molecule has 190 valence electrons. The minimum atomic E-state index is -4.82. The van der Waals surface area contributed by atoms with E-state index in [2.05, 4.69) is 20.5 Å². The number of halogens is 4. The molecule has 9 nitrogen and oxygen atoms in total. The average molecular weight is 499 g/mol. The van der Waals surface area contributed by atoms with E-state index in [9.17, 15) is 27.2 Å². The summed E-state index contributed by atoms with van der Waals surface area (Å²) >= 11 is 0. The van der Waals surface area contributed by atoms with Crippen molar-refractivity contribution in [3.63, 3.8) is 0 Å². The minimum absolute atomic E-state index is 0.00473. The van der Waals surface area contributed by atoms with Gasteiger partial charge in [0.15, 0.2) is 5.76 Å². The van der Waals surface area contributed by atoms with Crippen LogP contribution in [-0.4, -0.2) is 71.8 Å². The molecular formula is C22H25F4N5O4. The Labute approximate surface area is 198 Å². The van der Waals surface area contributed by atoms with Crippen LogP contribution in [0, 0.1) is 0 Å². The van der Waals surface area contributed by atoms with Crippen LogP contribution in [0.1, 0.15) is 25.0 Å². The molecule has 2 fully saturated rings. The molecule has 1 aromatic carbocycles. The Morgan fingerprint density at radius 1 is 1.23 bits per heavy atom. The second-order valence-corrected chi connectivity index (χ2v) is 8.50. The van der Waals surface area contributed by atoms with Gasteiger partial charge in [-0.2, -0.15) is 0 Å². The first-order valence-electron chi connectivity index (χ1n) is 11.1. The number of likely N-dealkylation sites (tertiary alicyclic amines) is 1. The fourth-order valence-corrected chi connectivity index (χ4v) is 4.16. The molecule has 35 heavy (non-hydrogen) atoms. The Balaban J connectivity index is 1.39. The van der Waals surface area contributed by atoms with E-state index in [0.29, 0.717) is 11.3 Å². The van der Waals surface area contributed by atoms with Crippen LogP contribution in [0.15, 0.2) is 34.9 Å². The molecule has 1 aliphatic carbocycles. The first kappa shape index (κ1) is 24.6. The zero-order valence-corrected chi connectivity index (χ0v) is 18.8. The van der Waals surface area contributed by atoms with Crippen molar-refractivity contribution in [3.8, 4) is 17.1 Å². The Hall–Kier alpha value is -3.51. The van der Waals surface area contributed by atoms with Crippen molar-refractivity contribution in [2.75, 3.05) is 20.1 Å². The van der Waals surface area contributed by atoms with Gasteiger partial charge < -0.3 is 29.7 Å². The number of carbonyl (C=O) groups is 2. The van der Waals surface area contributed by atoms with Gasteiger partial charge in [-0.25, -0.2) is 14.0 Å². The van der Waals surface area contributed by atoms with Crippen molar-refractivity contribution in [2.24, 2.45) is 0 Å². The number of aromatic nitrogens is 1. The Morgan fingerprint density at radius 3 is 2.69 bits per heavy atom. The third kappa shape index (κ3) is 6.34. The second-order valence-electron chi connectivity index (χ2n) is 8.50. The molecule has 0 radical (unpaired) electrons. The van der Waals surface area contributed by atoms with Crippen molar-refractivity contribution >= 4 is 12.1 Å². The van der Waals surface area contributed by atoms with E-state index in [4.69, 9.17) is 4.52 Å². The largest absolute Gasteiger partial charge is 0.573 e. The summed E-state index contributed by atoms with van der Waals surface area (Å²) in [6.07, 6.45) is -4.32. The molecule has 0 spiro atoms. The standard InChI is InChI=1S/C22H25F4N5O4/c1-27-20(32)30-11-14(23)8-17(12-30)31(16-5-6-16)21(33)28-10-15-9-19(35-29-15)13-3-2-4-18(7-13)34-22(24,25)26/h2-4,7,9,14,16-17H,5-6,8,10-12H2,1H3,(H,27,32)(H,28,33)/t14-,17+/m0/s1. The number of nitrogens with zero attached hydrogens (tertiary/aromatic N) is 3. The SMILES string of the molecule is CNC(=O)N1C[C@@H](F)C[C@@H](N(C(=O)NCc2cc(-c3cccc(OC(F)(F)F)c3)on2)C2CC2)C1. The smallest absolute Gasteiger partial charge is 0.406 e. The molecule has 1 aromatic heterocycles. The predicted octanol–water partition coefficient (Wildman–Crippen LogP) is 3.67. The molecule has 0 bridgehead atoms. The number of urea groups is 2. The van der Waals surface area contributed by atoms with Crippen LogP contribution in [0.2, 0.25) is 0 Å². The first-order chi connectivity index (χ1) is 16.6. The highest BCUT2D eigenvalue weighted by Gasteiger charge is 2.42. The number of amides is 4. The molecule has 2 aromatic rings. The van der Waals surface area contributed by atoms with E-state index >= 15 is 0 Å². The lowest BCUT2D eigenvalue weighted by Crippen LogP contribution is -2.58. The summed E-state index contributed by atoms with van der Waals surface area (Å²) in [5.41, 5.74) is 0.673. The van der Waals surface area contributed by atoms with Crippen LogP contribution in [0.25, 0.3) is 11.3 Å². The highest BCUT2D eigenvalue weighted by molar-refractivity contribution is 5.76. The van der Waals surface area contributed by atoms with Crippen molar-refractivity contribution in [1.82, 2.24) is 25.6 Å². The summed E-state index contributed by atoms with van der Waals surface area (Å²) in [7, 11) is 1.47. The molecule has 1 saturated carbocycles. The van der Waals surface area contributed by atoms with Gasteiger partial charge in [0.2, 0.25) is 0 Å². The zero-order valence-electron chi connectivity index (χ0n) is 18.8. The van der Waals surface area contributed by atoms with E-state index in [0.717, 1.165) is 12.8 Å². The maximum atomic E-state index is 14.3. The normalized spacial score (nSPS) is 20.3. The van der Waals surface area contributed by atoms with Crippen LogP contribution < -0.4 is 15.4 Å². The van der Waals surface area contributed by atoms with Crippen molar-refractivity contribution < 1.29 is 36.4 Å². The van der Waals surface area contributed by atoms with Gasteiger partial charge in [-0.3, -0.25) is 0 Å². The van der Waals surface area contributed by atoms with Gasteiger partial charge in [0, 0.05) is 37.7 Å². The number of rotatable bonds is 6. The van der Waals surface area contributed by atoms with E-state index in [1.54, 1.807) is 4.90 Å². The molecule has 1 saturated heterocycles. The fraction of sp³-hybridized carbons (Fsp3) is 0.500. The molecule has 0 unspecified atom stereocenters. The molecule has 13 heteroatoms. The molecule has 2 atom stereocenters. The van der Waals surface area contributed by atoms with Crippen LogP contribution in [0.4, 0.5) is 27.2 Å². The summed E-state index contributed by atoms with van der Waals surface area (Å²) in [5, 5.41) is 9.10. The summed E-state index contributed by atoms with van der Waals surface area (Å²) in [5.74, 6) is -0.194. The number of ether oxygens (including phenoxy) is 1. The summed E-state index contributed by atoms with van der Waals surface area (Å²) in [6, 6.07) is 5.46. The summed E-state index contributed by atoms with van der Waals surface area (Å²) in [6.45, 7) is 0.205. The molecule has 4 amide bonds. The molecule has 4 rings (SSSR count). The Morgan fingerprint density at radius 2 is 2.00 bits per heavy atom. The number of piperidine rings is 1. The highest BCUT2D eigenvalue weighted by atomic mass is 19.4. The Kier molecular flexibility index (Phi) is 7.03. The molecule has 2 N–H and O–H groups in total. The topological polar surface area (TPSA) is 99.9 Å². The number of hydrogen-bond acceptors (Lipinski definition) is 5. The number of benzene rings is 1. The Bertz CT molecular complexity index is 1060. The lowest BCUT2D eigenvalue weighted by atomic mass is 10.0. The van der Waals surface area contributed by atoms with E-state index in [-0.39, 0.29) is 37.9 Å².